The second-order valence-corrected chi connectivity index (χ2v) is 5.38. The van der Waals surface area contributed by atoms with Gasteiger partial charge in [-0.25, -0.2) is 0 Å². The maximum Gasteiger partial charge on any atom is 0.295 e. The normalized spacial score (nSPS) is 26.4. The number of hydrogen-bond donors (Lipinski definition) is 1. The molecule has 0 aromatic carbocycles. The van der Waals surface area contributed by atoms with E-state index in [0.717, 1.165) is 0 Å². The van der Waals surface area contributed by atoms with Crippen LogP contribution in [0.5, 0.6) is 0 Å². The number of allylic oxidation sites excluding steroid dienone is 1. The third-order valence-electron chi connectivity index (χ3n) is 3.86. The minimum Gasteiger partial charge on any atom is -0.383 e. The Morgan fingerprint density at radius 2 is 2.00 bits per heavy atom. The topological polar surface area (TPSA) is 117 Å². The first-order chi connectivity index (χ1) is 10.2. The number of ether oxygens (including phenoxy) is 2. The molecule has 0 radical (unpaired) electrons. The molecule has 1 N–H and O–H groups in total. The summed E-state index contributed by atoms with van der Waals surface area (Å²) in [6, 6.07) is -1.73. The van der Waals surface area contributed by atoms with Crippen LogP contribution in [0.25, 0.3) is 0 Å². The lowest BCUT2D eigenvalue weighted by Crippen LogP contribution is -2.54. The van der Waals surface area contributed by atoms with Gasteiger partial charge in [0.05, 0.1) is 11.5 Å². The number of nitrogens with one attached hydrogen (secondary N) is 1. The molecule has 1 aliphatic rings. The molecule has 3 atom stereocenters. The maximum atomic E-state index is 11.6. The van der Waals surface area contributed by atoms with Crippen molar-refractivity contribution in [3.05, 3.63) is 43.3 Å². The molecule has 0 bridgehead atoms. The van der Waals surface area contributed by atoms with Gasteiger partial charge in [0.25, 0.3) is 11.7 Å². The Labute approximate surface area is 128 Å². The molecular formula is C13H21N3O6. The zero-order chi connectivity index (χ0) is 17.1. The van der Waals surface area contributed by atoms with Crippen molar-refractivity contribution in [2.75, 3.05) is 20.8 Å². The molecule has 3 unspecified atom stereocenters. The van der Waals surface area contributed by atoms with E-state index in [0.29, 0.717) is 5.57 Å². The molecule has 0 saturated heterocycles. The Hall–Kier alpha value is -2.00. The first kappa shape index (κ1) is 18.1. The Morgan fingerprint density at radius 1 is 1.41 bits per heavy atom. The summed E-state index contributed by atoms with van der Waals surface area (Å²) in [7, 11) is 2.83. The molecule has 22 heavy (non-hydrogen) atoms. The monoisotopic (exact) mass is 315 g/mol. The highest BCUT2D eigenvalue weighted by Crippen LogP contribution is 2.36. The quantitative estimate of drug-likeness (QED) is 0.552. The smallest absolute Gasteiger partial charge is 0.295 e. The van der Waals surface area contributed by atoms with Gasteiger partial charge in [-0.2, -0.15) is 0 Å². The lowest BCUT2D eigenvalue weighted by Gasteiger charge is -2.35. The van der Waals surface area contributed by atoms with Gasteiger partial charge in [0, 0.05) is 31.3 Å². The molecule has 0 aromatic heterocycles. The van der Waals surface area contributed by atoms with Gasteiger partial charge in [0.2, 0.25) is 0 Å². The molecule has 1 aliphatic carbocycles. The minimum atomic E-state index is -1.40. The molecule has 1 rings (SSSR count). The van der Waals surface area contributed by atoms with Crippen molar-refractivity contribution < 1.29 is 19.3 Å². The highest BCUT2D eigenvalue weighted by Gasteiger charge is 2.53. The molecule has 0 heterocycles. The van der Waals surface area contributed by atoms with Crippen molar-refractivity contribution in [2.24, 2.45) is 0 Å². The van der Waals surface area contributed by atoms with E-state index in [4.69, 9.17) is 9.47 Å². The first-order valence-corrected chi connectivity index (χ1v) is 6.70. The van der Waals surface area contributed by atoms with E-state index >= 15 is 0 Å². The fraction of sp³-hybridized carbons (Fsp3) is 0.692. The van der Waals surface area contributed by atoms with Crippen LogP contribution in [0.3, 0.4) is 0 Å². The van der Waals surface area contributed by atoms with Crippen LogP contribution in [-0.4, -0.2) is 48.4 Å². The Balaban J connectivity index is 3.44. The van der Waals surface area contributed by atoms with Crippen LogP contribution in [0.2, 0.25) is 0 Å². The Morgan fingerprint density at radius 3 is 2.41 bits per heavy atom. The van der Waals surface area contributed by atoms with Gasteiger partial charge >= 0.3 is 0 Å². The zero-order valence-corrected chi connectivity index (χ0v) is 13.3. The third kappa shape index (κ3) is 3.25. The lowest BCUT2D eigenvalue weighted by atomic mass is 9.81. The SMILES string of the molecule is COCC(C)NC1=C([N+](=O)[O-])C=C(C)C(C)(OC)C1[N+](=O)[O-]. The highest BCUT2D eigenvalue weighted by atomic mass is 16.6. The van der Waals surface area contributed by atoms with Crippen molar-refractivity contribution in [3.8, 4) is 0 Å². The van der Waals surface area contributed by atoms with E-state index in [1.54, 1.807) is 20.8 Å². The molecular weight excluding hydrogens is 294 g/mol. The van der Waals surface area contributed by atoms with Crippen LogP contribution in [-0.2, 0) is 9.47 Å². The summed E-state index contributed by atoms with van der Waals surface area (Å²) < 4.78 is 10.3. The molecule has 0 spiro atoms. The van der Waals surface area contributed by atoms with E-state index < -0.39 is 21.5 Å². The zero-order valence-electron chi connectivity index (χ0n) is 13.3. The van der Waals surface area contributed by atoms with Crippen molar-refractivity contribution in [2.45, 2.75) is 38.5 Å². The summed E-state index contributed by atoms with van der Waals surface area (Å²) in [6.45, 7) is 5.11. The van der Waals surface area contributed by atoms with Gasteiger partial charge in [-0.3, -0.25) is 20.2 Å². The predicted octanol–water partition coefficient (Wildman–Crippen LogP) is 1.11. The van der Waals surface area contributed by atoms with E-state index in [1.165, 1.54) is 20.3 Å². The van der Waals surface area contributed by atoms with Crippen LogP contribution >= 0.6 is 0 Å². The van der Waals surface area contributed by atoms with Crippen LogP contribution in [0.15, 0.2) is 23.0 Å². The number of rotatable bonds is 7. The summed E-state index contributed by atoms with van der Waals surface area (Å²) in [6.07, 6.45) is 1.31. The molecule has 124 valence electrons. The van der Waals surface area contributed by atoms with Crippen molar-refractivity contribution in [1.29, 1.82) is 0 Å². The molecule has 0 amide bonds. The van der Waals surface area contributed by atoms with Crippen LogP contribution in [0.1, 0.15) is 20.8 Å². The number of hydrogen-bond acceptors (Lipinski definition) is 7. The molecule has 9 heteroatoms. The second kappa shape index (κ2) is 6.84. The first-order valence-electron chi connectivity index (χ1n) is 6.70. The van der Waals surface area contributed by atoms with E-state index in [-0.39, 0.29) is 24.0 Å². The standard InChI is InChI=1S/C13H21N3O6/c1-8-6-10(15(17)18)11(14-9(2)7-21-4)12(16(19)20)13(8,3)22-5/h6,9,12,14H,7H2,1-5H3. The summed E-state index contributed by atoms with van der Waals surface area (Å²) in [5, 5.41) is 25.7. The summed E-state index contributed by atoms with van der Waals surface area (Å²) in [5.41, 5.74) is -1.24. The van der Waals surface area contributed by atoms with Gasteiger partial charge in [-0.05, 0) is 26.3 Å². The maximum absolute atomic E-state index is 11.6. The molecule has 0 aromatic rings. The largest absolute Gasteiger partial charge is 0.383 e. The van der Waals surface area contributed by atoms with Crippen molar-refractivity contribution >= 4 is 0 Å². The molecule has 0 fully saturated rings. The highest BCUT2D eigenvalue weighted by molar-refractivity contribution is 5.38. The lowest BCUT2D eigenvalue weighted by molar-refractivity contribution is -0.536. The van der Waals surface area contributed by atoms with E-state index in [9.17, 15) is 20.2 Å². The van der Waals surface area contributed by atoms with Gasteiger partial charge in [-0.15, -0.1) is 0 Å². The van der Waals surface area contributed by atoms with Gasteiger partial charge in [0.15, 0.2) is 11.3 Å². The Bertz CT molecular complexity index is 530. The van der Waals surface area contributed by atoms with Gasteiger partial charge in [-0.1, -0.05) is 0 Å². The van der Waals surface area contributed by atoms with Crippen molar-refractivity contribution in [3.63, 3.8) is 0 Å². The van der Waals surface area contributed by atoms with Gasteiger partial charge in [0.1, 0.15) is 0 Å². The predicted molar refractivity (Wildman–Crippen MR) is 78.4 cm³/mol. The van der Waals surface area contributed by atoms with Crippen LogP contribution < -0.4 is 5.32 Å². The number of methoxy groups -OCH3 is 2. The number of nitrogens with zero attached hydrogens (tertiary/aromatic N) is 2. The fourth-order valence-corrected chi connectivity index (χ4v) is 2.50. The summed E-state index contributed by atoms with van der Waals surface area (Å²) in [5.74, 6) is 0. The van der Waals surface area contributed by atoms with Crippen molar-refractivity contribution in [1.82, 2.24) is 5.32 Å². The average molecular weight is 315 g/mol. The molecule has 0 aliphatic heterocycles. The van der Waals surface area contributed by atoms with Gasteiger partial charge < -0.3 is 14.8 Å². The van der Waals surface area contributed by atoms with Crippen LogP contribution in [0.4, 0.5) is 0 Å². The summed E-state index contributed by atoms with van der Waals surface area (Å²) >= 11 is 0. The number of nitro groups is 2. The van der Waals surface area contributed by atoms with E-state index in [2.05, 4.69) is 5.32 Å². The fourth-order valence-electron chi connectivity index (χ4n) is 2.50. The van der Waals surface area contributed by atoms with E-state index in [1.807, 2.05) is 0 Å². The molecule has 0 saturated carbocycles. The second-order valence-electron chi connectivity index (χ2n) is 5.38. The minimum absolute atomic E-state index is 0.0745. The Kier molecular flexibility index (Phi) is 5.61. The average Bonchev–Trinajstić information content (AvgIpc) is 2.42. The van der Waals surface area contributed by atoms with Crippen LogP contribution in [0, 0.1) is 20.2 Å². The third-order valence-corrected chi connectivity index (χ3v) is 3.86. The molecule has 9 nitrogen and oxygen atoms in total. The summed E-state index contributed by atoms with van der Waals surface area (Å²) in [4.78, 5) is 21.7.